The molecular weight excluding hydrogens is 394 g/mol. The Morgan fingerprint density at radius 1 is 1.17 bits per heavy atom. The molecule has 1 aromatic heterocycles. The van der Waals surface area contributed by atoms with Gasteiger partial charge in [0.05, 0.1) is 12.3 Å². The van der Waals surface area contributed by atoms with Crippen LogP contribution >= 0.6 is 0 Å². The molecule has 0 aromatic carbocycles. The fourth-order valence-electron chi connectivity index (χ4n) is 4.18. The van der Waals surface area contributed by atoms with Gasteiger partial charge in [-0.15, -0.1) is 0 Å². The van der Waals surface area contributed by atoms with Gasteiger partial charge in [-0.05, 0) is 50.6 Å². The maximum absolute atomic E-state index is 13.7. The number of hydrogen-bond acceptors (Lipinski definition) is 5. The van der Waals surface area contributed by atoms with E-state index in [9.17, 15) is 18.4 Å². The molecule has 30 heavy (non-hydrogen) atoms. The first kappa shape index (κ1) is 21.1. The van der Waals surface area contributed by atoms with Crippen molar-refractivity contribution in [3.63, 3.8) is 0 Å². The topological polar surface area (TPSA) is 74.8 Å². The summed E-state index contributed by atoms with van der Waals surface area (Å²) in [7, 11) is 0. The minimum Gasteiger partial charge on any atom is -0.365 e. The van der Waals surface area contributed by atoms with Crippen molar-refractivity contribution >= 4 is 11.8 Å². The number of aromatic nitrogens is 1. The molecule has 3 aliphatic rings. The molecule has 4 rings (SSSR count). The van der Waals surface area contributed by atoms with E-state index in [1.807, 2.05) is 4.90 Å². The average molecular weight is 422 g/mol. The number of pyridine rings is 1. The Morgan fingerprint density at radius 3 is 2.60 bits per heavy atom. The third-order valence-electron chi connectivity index (χ3n) is 6.13. The van der Waals surface area contributed by atoms with Gasteiger partial charge in [0.15, 0.2) is 11.5 Å². The number of likely N-dealkylation sites (tertiary alicyclic amines) is 1. The zero-order valence-electron chi connectivity index (χ0n) is 17.0. The molecule has 0 spiro atoms. The highest BCUT2D eigenvalue weighted by Gasteiger charge is 2.31. The standard InChI is InChI=1S/C21H28F2N4O3/c22-16-7-18(23)20(24-8-16)21(29)25-9-17-12-27(19(28)13-30-17)11-15-3-5-26(6-4-15)10-14-1-2-14/h7-8,14-15,17H,1-6,9-13H2,(H,25,29). The van der Waals surface area contributed by atoms with Crippen LogP contribution < -0.4 is 5.32 Å². The highest BCUT2D eigenvalue weighted by Crippen LogP contribution is 2.31. The van der Waals surface area contributed by atoms with Gasteiger partial charge in [0.1, 0.15) is 12.4 Å². The molecule has 1 saturated carbocycles. The highest BCUT2D eigenvalue weighted by atomic mass is 19.1. The van der Waals surface area contributed by atoms with Gasteiger partial charge in [-0.1, -0.05) is 0 Å². The normalized spacial score (nSPS) is 23.6. The largest absolute Gasteiger partial charge is 0.365 e. The fraction of sp³-hybridized carbons (Fsp3) is 0.667. The van der Waals surface area contributed by atoms with Crippen molar-refractivity contribution < 1.29 is 23.1 Å². The van der Waals surface area contributed by atoms with Crippen molar-refractivity contribution in [2.75, 3.05) is 45.9 Å². The Morgan fingerprint density at radius 2 is 1.90 bits per heavy atom. The van der Waals surface area contributed by atoms with Crippen LogP contribution in [0.5, 0.6) is 0 Å². The van der Waals surface area contributed by atoms with Crippen molar-refractivity contribution in [1.82, 2.24) is 20.1 Å². The summed E-state index contributed by atoms with van der Waals surface area (Å²) in [6, 6.07) is 0.620. The lowest BCUT2D eigenvalue weighted by Crippen LogP contribution is -2.52. The third-order valence-corrected chi connectivity index (χ3v) is 6.13. The summed E-state index contributed by atoms with van der Waals surface area (Å²) >= 11 is 0. The smallest absolute Gasteiger partial charge is 0.273 e. The number of nitrogens with zero attached hydrogens (tertiary/aromatic N) is 3. The van der Waals surface area contributed by atoms with Gasteiger partial charge in [-0.25, -0.2) is 13.8 Å². The molecule has 2 saturated heterocycles. The first-order chi connectivity index (χ1) is 14.5. The summed E-state index contributed by atoms with van der Waals surface area (Å²) in [6.07, 6.45) is 5.34. The molecule has 0 radical (unpaired) electrons. The van der Waals surface area contributed by atoms with E-state index in [1.54, 1.807) is 0 Å². The number of hydrogen-bond donors (Lipinski definition) is 1. The van der Waals surface area contributed by atoms with Crippen LogP contribution in [0.25, 0.3) is 0 Å². The monoisotopic (exact) mass is 422 g/mol. The Labute approximate surface area is 174 Å². The average Bonchev–Trinajstić information content (AvgIpc) is 3.54. The van der Waals surface area contributed by atoms with Crippen LogP contribution in [0.1, 0.15) is 36.2 Å². The van der Waals surface area contributed by atoms with Crippen molar-refractivity contribution in [1.29, 1.82) is 0 Å². The van der Waals surface area contributed by atoms with Gasteiger partial charge >= 0.3 is 0 Å². The summed E-state index contributed by atoms with van der Waals surface area (Å²) in [4.78, 5) is 32.3. The van der Waals surface area contributed by atoms with Crippen molar-refractivity contribution in [2.24, 2.45) is 11.8 Å². The Bertz CT molecular complexity index is 782. The van der Waals surface area contributed by atoms with Gasteiger partial charge in [-0.2, -0.15) is 0 Å². The Balaban J connectivity index is 1.23. The SMILES string of the molecule is O=C(NCC1CN(CC2CCN(CC3CC3)CC2)C(=O)CO1)c1ncc(F)cc1F. The maximum Gasteiger partial charge on any atom is 0.273 e. The summed E-state index contributed by atoms with van der Waals surface area (Å²) in [5.74, 6) is -1.24. The zero-order chi connectivity index (χ0) is 21.1. The molecule has 1 unspecified atom stereocenters. The second kappa shape index (κ2) is 9.34. The number of rotatable bonds is 7. The van der Waals surface area contributed by atoms with Gasteiger partial charge < -0.3 is 19.9 Å². The van der Waals surface area contributed by atoms with Crippen molar-refractivity contribution in [3.8, 4) is 0 Å². The van der Waals surface area contributed by atoms with Crippen LogP contribution in [0.2, 0.25) is 0 Å². The quantitative estimate of drug-likeness (QED) is 0.720. The number of carbonyl (C=O) groups is 2. The fourth-order valence-corrected chi connectivity index (χ4v) is 4.18. The number of piperidine rings is 1. The first-order valence-corrected chi connectivity index (χ1v) is 10.7. The Hall–Kier alpha value is -2.13. The number of carbonyl (C=O) groups excluding carboxylic acids is 2. The second-order valence-electron chi connectivity index (χ2n) is 8.61. The lowest BCUT2D eigenvalue weighted by atomic mass is 9.95. The molecule has 164 valence electrons. The van der Waals surface area contributed by atoms with E-state index < -0.39 is 23.2 Å². The minimum atomic E-state index is -1.01. The molecule has 2 aliphatic heterocycles. The number of morpholine rings is 1. The van der Waals surface area contributed by atoms with Crippen LogP contribution in [0.3, 0.4) is 0 Å². The molecule has 1 N–H and O–H groups in total. The van der Waals surface area contributed by atoms with E-state index in [0.717, 1.165) is 38.0 Å². The van der Waals surface area contributed by atoms with Crippen LogP contribution in [0.4, 0.5) is 8.78 Å². The molecule has 1 aliphatic carbocycles. The van der Waals surface area contributed by atoms with E-state index in [2.05, 4.69) is 15.2 Å². The van der Waals surface area contributed by atoms with E-state index in [4.69, 9.17) is 4.74 Å². The first-order valence-electron chi connectivity index (χ1n) is 10.7. The van der Waals surface area contributed by atoms with Crippen molar-refractivity contribution in [3.05, 3.63) is 29.6 Å². The van der Waals surface area contributed by atoms with Gasteiger partial charge in [0, 0.05) is 32.2 Å². The minimum absolute atomic E-state index is 0.0236. The molecule has 3 fully saturated rings. The number of nitrogens with one attached hydrogen (secondary N) is 1. The zero-order valence-corrected chi connectivity index (χ0v) is 17.0. The van der Waals surface area contributed by atoms with Gasteiger partial charge in [0.2, 0.25) is 5.91 Å². The van der Waals surface area contributed by atoms with E-state index >= 15 is 0 Å². The summed E-state index contributed by atoms with van der Waals surface area (Å²) in [5, 5.41) is 2.56. The summed E-state index contributed by atoms with van der Waals surface area (Å²) in [5.41, 5.74) is -0.460. The molecule has 1 atom stereocenters. The van der Waals surface area contributed by atoms with Crippen LogP contribution in [-0.2, 0) is 9.53 Å². The molecule has 9 heteroatoms. The van der Waals surface area contributed by atoms with Crippen LogP contribution in [0.15, 0.2) is 12.3 Å². The van der Waals surface area contributed by atoms with Crippen LogP contribution in [0, 0.1) is 23.5 Å². The lowest BCUT2D eigenvalue weighted by molar-refractivity contribution is -0.149. The summed E-state index contributed by atoms with van der Waals surface area (Å²) in [6.45, 7) is 4.60. The van der Waals surface area contributed by atoms with Gasteiger partial charge in [0.25, 0.3) is 5.91 Å². The van der Waals surface area contributed by atoms with Crippen molar-refractivity contribution in [2.45, 2.75) is 31.8 Å². The Kier molecular flexibility index (Phi) is 6.58. The lowest BCUT2D eigenvalue weighted by Gasteiger charge is -2.38. The number of halogens is 2. The molecule has 7 nitrogen and oxygen atoms in total. The number of amides is 2. The molecule has 1 aromatic rings. The third kappa shape index (κ3) is 5.51. The van der Waals surface area contributed by atoms with E-state index in [0.29, 0.717) is 25.1 Å². The molecule has 3 heterocycles. The highest BCUT2D eigenvalue weighted by molar-refractivity contribution is 5.92. The van der Waals surface area contributed by atoms with Crippen LogP contribution in [-0.4, -0.2) is 78.6 Å². The van der Waals surface area contributed by atoms with E-state index in [1.165, 1.54) is 19.4 Å². The second-order valence-corrected chi connectivity index (χ2v) is 8.61. The predicted octanol–water partition coefficient (Wildman–Crippen LogP) is 1.44. The van der Waals surface area contributed by atoms with Gasteiger partial charge in [-0.3, -0.25) is 9.59 Å². The summed E-state index contributed by atoms with van der Waals surface area (Å²) < 4.78 is 32.2. The molecular formula is C21H28F2N4O3. The molecule has 2 amide bonds. The molecule has 0 bridgehead atoms. The number of ether oxygens (including phenoxy) is 1. The van der Waals surface area contributed by atoms with E-state index in [-0.39, 0.29) is 25.2 Å². The maximum atomic E-state index is 13.7. The predicted molar refractivity (Wildman–Crippen MR) is 105 cm³/mol.